The first-order chi connectivity index (χ1) is 9.52. The van der Waals surface area contributed by atoms with Crippen molar-refractivity contribution in [1.82, 2.24) is 10.2 Å². The average molecular weight is 299 g/mol. The lowest BCUT2D eigenvalue weighted by atomic mass is 10.0. The Kier molecular flexibility index (Phi) is 8.15. The van der Waals surface area contributed by atoms with Crippen molar-refractivity contribution in [2.75, 3.05) is 26.7 Å². The Labute approximate surface area is 127 Å². The molecule has 0 saturated carbocycles. The first-order valence-corrected chi connectivity index (χ1v) is 7.76. The third-order valence-corrected chi connectivity index (χ3v) is 3.70. The van der Waals surface area contributed by atoms with Crippen molar-refractivity contribution >= 4 is 11.6 Å². The van der Waals surface area contributed by atoms with Gasteiger partial charge in [-0.05, 0) is 57.6 Å². The molecule has 3 nitrogen and oxygen atoms in total. The molecule has 0 aliphatic rings. The van der Waals surface area contributed by atoms with Crippen molar-refractivity contribution in [3.8, 4) is 0 Å². The number of rotatable bonds is 9. The summed E-state index contributed by atoms with van der Waals surface area (Å²) < 4.78 is 0. The van der Waals surface area contributed by atoms with Crippen LogP contribution in [0.3, 0.4) is 0 Å². The van der Waals surface area contributed by atoms with E-state index < -0.39 is 0 Å². The molecule has 0 aliphatic carbocycles. The highest BCUT2D eigenvalue weighted by molar-refractivity contribution is 6.30. The molecule has 2 N–H and O–H groups in total. The molecule has 0 heterocycles. The number of halogens is 1. The van der Waals surface area contributed by atoms with E-state index in [0.717, 1.165) is 37.5 Å². The van der Waals surface area contributed by atoms with E-state index in [1.165, 1.54) is 5.56 Å². The molecule has 0 saturated heterocycles. The van der Waals surface area contributed by atoms with E-state index in [0.29, 0.717) is 6.04 Å². The summed E-state index contributed by atoms with van der Waals surface area (Å²) in [5.74, 6) is 0. The normalized spacial score (nSPS) is 14.5. The standard InChI is InChI=1S/C16H27ClN2O/c1-4-18-16(14-5-7-15(17)8-6-14)10-12-19(3)11-9-13(2)20/h5-8,13,16,18,20H,4,9-12H2,1-3H3. The van der Waals surface area contributed by atoms with Crippen LogP contribution >= 0.6 is 11.6 Å². The number of aliphatic hydroxyl groups is 1. The summed E-state index contributed by atoms with van der Waals surface area (Å²) in [5, 5.41) is 13.6. The number of benzene rings is 1. The van der Waals surface area contributed by atoms with Crippen molar-refractivity contribution in [3.63, 3.8) is 0 Å². The van der Waals surface area contributed by atoms with Crippen molar-refractivity contribution in [1.29, 1.82) is 0 Å². The molecule has 4 heteroatoms. The van der Waals surface area contributed by atoms with E-state index in [9.17, 15) is 5.11 Å². The fourth-order valence-electron chi connectivity index (χ4n) is 2.20. The zero-order chi connectivity index (χ0) is 15.0. The maximum atomic E-state index is 9.32. The van der Waals surface area contributed by atoms with Crippen LogP contribution in [0.2, 0.25) is 5.02 Å². The Hall–Kier alpha value is -0.610. The molecule has 1 rings (SSSR count). The average Bonchev–Trinajstić information content (AvgIpc) is 2.42. The molecule has 0 aromatic heterocycles. The minimum atomic E-state index is -0.224. The Morgan fingerprint density at radius 2 is 1.80 bits per heavy atom. The number of hydrogen-bond acceptors (Lipinski definition) is 3. The third kappa shape index (κ3) is 6.71. The second-order valence-electron chi connectivity index (χ2n) is 5.39. The Bertz CT molecular complexity index is 367. The maximum Gasteiger partial charge on any atom is 0.0524 e. The van der Waals surface area contributed by atoms with E-state index in [2.05, 4.69) is 36.3 Å². The van der Waals surface area contributed by atoms with Gasteiger partial charge < -0.3 is 15.3 Å². The lowest BCUT2D eigenvalue weighted by molar-refractivity contribution is 0.163. The second-order valence-corrected chi connectivity index (χ2v) is 5.83. The van der Waals surface area contributed by atoms with Crippen molar-refractivity contribution in [2.24, 2.45) is 0 Å². The molecular weight excluding hydrogens is 272 g/mol. The smallest absolute Gasteiger partial charge is 0.0524 e. The number of hydrogen-bond donors (Lipinski definition) is 2. The van der Waals surface area contributed by atoms with Gasteiger partial charge in [0.2, 0.25) is 0 Å². The molecule has 0 amide bonds. The van der Waals surface area contributed by atoms with Crippen LogP contribution in [0.25, 0.3) is 0 Å². The van der Waals surface area contributed by atoms with E-state index in [1.54, 1.807) is 0 Å². The highest BCUT2D eigenvalue weighted by Gasteiger charge is 2.11. The van der Waals surface area contributed by atoms with Gasteiger partial charge in [-0.2, -0.15) is 0 Å². The van der Waals surface area contributed by atoms with E-state index in [1.807, 2.05) is 19.1 Å². The molecule has 1 aromatic carbocycles. The molecule has 0 bridgehead atoms. The minimum Gasteiger partial charge on any atom is -0.393 e. The zero-order valence-corrected chi connectivity index (χ0v) is 13.5. The first kappa shape index (κ1) is 17.4. The van der Waals surface area contributed by atoms with Gasteiger partial charge in [0.25, 0.3) is 0 Å². The largest absolute Gasteiger partial charge is 0.393 e. The summed E-state index contributed by atoms with van der Waals surface area (Å²) in [4.78, 5) is 2.27. The van der Waals surface area contributed by atoms with Gasteiger partial charge in [0.15, 0.2) is 0 Å². The highest BCUT2D eigenvalue weighted by atomic mass is 35.5. The monoisotopic (exact) mass is 298 g/mol. The van der Waals surface area contributed by atoms with Crippen LogP contribution in [0.4, 0.5) is 0 Å². The van der Waals surface area contributed by atoms with Gasteiger partial charge in [0.05, 0.1) is 6.10 Å². The molecule has 114 valence electrons. The van der Waals surface area contributed by atoms with Crippen LogP contribution in [0.1, 0.15) is 38.3 Å². The molecule has 0 radical (unpaired) electrons. The summed E-state index contributed by atoms with van der Waals surface area (Å²) in [6.45, 7) is 6.85. The molecule has 20 heavy (non-hydrogen) atoms. The number of nitrogens with zero attached hydrogens (tertiary/aromatic N) is 1. The van der Waals surface area contributed by atoms with Gasteiger partial charge in [-0.1, -0.05) is 30.7 Å². The first-order valence-electron chi connectivity index (χ1n) is 7.38. The van der Waals surface area contributed by atoms with Gasteiger partial charge in [-0.3, -0.25) is 0 Å². The lowest BCUT2D eigenvalue weighted by Gasteiger charge is -2.23. The van der Waals surface area contributed by atoms with Crippen molar-refractivity contribution < 1.29 is 5.11 Å². The fraction of sp³-hybridized carbons (Fsp3) is 0.625. The van der Waals surface area contributed by atoms with Gasteiger partial charge in [-0.25, -0.2) is 0 Å². The molecule has 0 spiro atoms. The molecule has 2 unspecified atom stereocenters. The molecule has 0 aliphatic heterocycles. The minimum absolute atomic E-state index is 0.224. The molecule has 2 atom stereocenters. The van der Waals surface area contributed by atoms with Crippen LogP contribution < -0.4 is 5.32 Å². The van der Waals surface area contributed by atoms with Gasteiger partial charge in [-0.15, -0.1) is 0 Å². The van der Waals surface area contributed by atoms with Crippen LogP contribution in [0.5, 0.6) is 0 Å². The number of nitrogens with one attached hydrogen (secondary N) is 1. The van der Waals surface area contributed by atoms with Gasteiger partial charge in [0.1, 0.15) is 0 Å². The Morgan fingerprint density at radius 3 is 2.35 bits per heavy atom. The fourth-order valence-corrected chi connectivity index (χ4v) is 2.32. The summed E-state index contributed by atoms with van der Waals surface area (Å²) >= 11 is 5.94. The van der Waals surface area contributed by atoms with E-state index in [4.69, 9.17) is 11.6 Å². The Balaban J connectivity index is 2.48. The van der Waals surface area contributed by atoms with Crippen LogP contribution in [0.15, 0.2) is 24.3 Å². The maximum absolute atomic E-state index is 9.32. The van der Waals surface area contributed by atoms with Gasteiger partial charge in [0, 0.05) is 17.6 Å². The predicted octanol–water partition coefficient (Wildman–Crippen LogP) is 3.08. The second kappa shape index (κ2) is 9.35. The van der Waals surface area contributed by atoms with E-state index >= 15 is 0 Å². The van der Waals surface area contributed by atoms with Gasteiger partial charge >= 0.3 is 0 Å². The molecule has 1 aromatic rings. The topological polar surface area (TPSA) is 35.5 Å². The third-order valence-electron chi connectivity index (χ3n) is 3.45. The predicted molar refractivity (Wildman–Crippen MR) is 86.3 cm³/mol. The van der Waals surface area contributed by atoms with Crippen molar-refractivity contribution in [3.05, 3.63) is 34.9 Å². The zero-order valence-electron chi connectivity index (χ0n) is 12.8. The van der Waals surface area contributed by atoms with Crippen LogP contribution in [0, 0.1) is 0 Å². The van der Waals surface area contributed by atoms with Crippen LogP contribution in [-0.4, -0.2) is 42.8 Å². The highest BCUT2D eigenvalue weighted by Crippen LogP contribution is 2.19. The summed E-state index contributed by atoms with van der Waals surface area (Å²) in [6, 6.07) is 8.42. The summed E-state index contributed by atoms with van der Waals surface area (Å²) in [7, 11) is 2.10. The Morgan fingerprint density at radius 1 is 1.20 bits per heavy atom. The quantitative estimate of drug-likeness (QED) is 0.735. The lowest BCUT2D eigenvalue weighted by Crippen LogP contribution is -2.28. The van der Waals surface area contributed by atoms with E-state index in [-0.39, 0.29) is 6.10 Å². The van der Waals surface area contributed by atoms with Crippen LogP contribution in [-0.2, 0) is 0 Å². The summed E-state index contributed by atoms with van der Waals surface area (Å²) in [5.41, 5.74) is 1.28. The van der Waals surface area contributed by atoms with Crippen molar-refractivity contribution in [2.45, 2.75) is 38.8 Å². The molecular formula is C16H27ClN2O. The molecule has 0 fully saturated rings. The SMILES string of the molecule is CCNC(CCN(C)CCC(C)O)c1ccc(Cl)cc1. The summed E-state index contributed by atoms with van der Waals surface area (Å²) in [6.07, 6.45) is 1.65. The number of aliphatic hydroxyl groups excluding tert-OH is 1.